The normalized spacial score (nSPS) is 18.1. The Kier molecular flexibility index (Phi) is 4.08. The van der Waals surface area contributed by atoms with Crippen LogP contribution in [0.1, 0.15) is 0 Å². The molecule has 0 aliphatic carbocycles. The van der Waals surface area contributed by atoms with Crippen molar-refractivity contribution in [2.45, 2.75) is 17.8 Å². The molecule has 0 aliphatic rings. The van der Waals surface area contributed by atoms with E-state index in [9.17, 15) is 14.3 Å². The molecule has 2 heterocycles. The zero-order valence-electron chi connectivity index (χ0n) is 11.8. The summed E-state index contributed by atoms with van der Waals surface area (Å²) in [5, 5.41) is 19.0. The molecule has 0 saturated heterocycles. The summed E-state index contributed by atoms with van der Waals surface area (Å²) >= 11 is 0. The monoisotopic (exact) mass is 329 g/mol. The number of aromatic amines is 1. The summed E-state index contributed by atoms with van der Waals surface area (Å²) in [6, 6.07) is 0. The highest BCUT2D eigenvalue weighted by Crippen LogP contribution is 2.34. The van der Waals surface area contributed by atoms with Crippen LogP contribution in [0.3, 0.4) is 0 Å². The Balaban J connectivity index is 2.71. The maximum Gasteiger partial charge on any atom is 0.282 e. The number of fused-ring (bicyclic) bond motifs is 1. The van der Waals surface area contributed by atoms with Gasteiger partial charge in [0.2, 0.25) is 5.95 Å². The van der Waals surface area contributed by atoms with Crippen LogP contribution in [0.15, 0.2) is 11.1 Å². The van der Waals surface area contributed by atoms with Crippen LogP contribution in [-0.4, -0.2) is 55.4 Å². The summed E-state index contributed by atoms with van der Waals surface area (Å²) in [5.41, 5.74) is 3.85. The number of nitrogen functional groups attached to an aromatic ring is 1. The molecule has 2 rings (SSSR count). The van der Waals surface area contributed by atoms with Crippen molar-refractivity contribution in [3.63, 3.8) is 0 Å². The van der Waals surface area contributed by atoms with E-state index < -0.39 is 35.6 Å². The summed E-state index contributed by atoms with van der Waals surface area (Å²) in [6.07, 6.45) is 3.19. The molecule has 9 nitrogen and oxygen atoms in total. The number of methoxy groups -OCH3 is 1. The van der Waals surface area contributed by atoms with Gasteiger partial charge < -0.3 is 20.7 Å². The fourth-order valence-corrected chi connectivity index (χ4v) is 1.99. The van der Waals surface area contributed by atoms with Crippen molar-refractivity contribution in [1.82, 2.24) is 19.5 Å². The first kappa shape index (κ1) is 16.8. The van der Waals surface area contributed by atoms with Gasteiger partial charge in [-0.3, -0.25) is 14.3 Å². The second kappa shape index (κ2) is 5.58. The number of nitrogens with two attached hydrogens (primary N) is 1. The molecule has 124 valence electrons. The number of hydrogen-bond donors (Lipinski definition) is 4. The molecule has 0 unspecified atom stereocenters. The third-order valence-corrected chi connectivity index (χ3v) is 3.30. The van der Waals surface area contributed by atoms with Gasteiger partial charge in [-0.05, 0) is 5.92 Å². The zero-order chi connectivity index (χ0) is 17.4. The van der Waals surface area contributed by atoms with Crippen molar-refractivity contribution in [2.75, 3.05) is 19.5 Å². The van der Waals surface area contributed by atoms with Gasteiger partial charge in [-0.2, -0.15) is 4.98 Å². The Hall–Kier alpha value is -2.55. The number of ether oxygens (including phenoxy) is 1. The fourth-order valence-electron chi connectivity index (χ4n) is 1.99. The lowest BCUT2D eigenvalue weighted by molar-refractivity contribution is -0.248. The molecule has 11 heteroatoms. The number of aliphatic hydroxyl groups is 2. The lowest BCUT2D eigenvalue weighted by Crippen LogP contribution is -2.55. The molecule has 3 atom stereocenters. The number of H-pyrrole nitrogens is 1. The van der Waals surface area contributed by atoms with Crippen molar-refractivity contribution >= 4 is 17.1 Å². The Morgan fingerprint density at radius 1 is 1.65 bits per heavy atom. The van der Waals surface area contributed by atoms with Gasteiger partial charge in [0.05, 0.1) is 0 Å². The number of imidazole rings is 1. The van der Waals surface area contributed by atoms with Gasteiger partial charge in [-0.1, -0.05) is 0 Å². The topological polar surface area (TPSA) is 139 Å². The molecule has 2 aromatic heterocycles. The summed E-state index contributed by atoms with van der Waals surface area (Å²) < 4.78 is 34.2. The van der Waals surface area contributed by atoms with Crippen molar-refractivity contribution in [3.8, 4) is 12.3 Å². The maximum absolute atomic E-state index is 15.2. The molecule has 0 amide bonds. The standard InChI is InChI=1S/C12H13F2N5O4/c1-3-11(13,9(22)12(14,4-20)23-2)19-5-16-6-7(19)17-10(15)18-8(6)21/h1,5,9,20,22H,4H2,2H3,(H3,15,17,18,21)/t9-,11-,12+/m0/s1. The highest BCUT2D eigenvalue weighted by atomic mass is 19.2. The minimum atomic E-state index is -3.27. The Labute approximate surface area is 127 Å². The number of nitrogens with one attached hydrogen (secondary N) is 1. The molecule has 0 aromatic carbocycles. The predicted octanol–water partition coefficient (Wildman–Crippen LogP) is -1.38. The van der Waals surface area contributed by atoms with E-state index in [1.807, 2.05) is 0 Å². The molecule has 0 bridgehead atoms. The number of terminal acetylenes is 1. The number of halogens is 2. The number of rotatable bonds is 5. The number of alkyl halides is 2. The summed E-state index contributed by atoms with van der Waals surface area (Å²) in [6.45, 7) is -1.37. The number of aliphatic hydroxyl groups excluding tert-OH is 2. The van der Waals surface area contributed by atoms with Crippen molar-refractivity contribution in [2.24, 2.45) is 0 Å². The van der Waals surface area contributed by atoms with Crippen molar-refractivity contribution in [3.05, 3.63) is 16.7 Å². The number of nitrogens with zero attached hydrogens (tertiary/aromatic N) is 3. The highest BCUT2D eigenvalue weighted by Gasteiger charge is 2.54. The van der Waals surface area contributed by atoms with Crippen LogP contribution in [0.2, 0.25) is 0 Å². The van der Waals surface area contributed by atoms with Gasteiger partial charge in [-0.25, -0.2) is 13.8 Å². The fraction of sp³-hybridized carbons (Fsp3) is 0.417. The van der Waals surface area contributed by atoms with Gasteiger partial charge in [0.1, 0.15) is 12.9 Å². The molecule has 0 aliphatic heterocycles. The molecule has 0 radical (unpaired) electrons. The largest absolute Gasteiger partial charge is 0.390 e. The van der Waals surface area contributed by atoms with Gasteiger partial charge in [0.15, 0.2) is 17.3 Å². The molecule has 23 heavy (non-hydrogen) atoms. The van der Waals surface area contributed by atoms with Crippen LogP contribution < -0.4 is 11.3 Å². The van der Waals surface area contributed by atoms with Crippen LogP contribution in [0.25, 0.3) is 11.2 Å². The van der Waals surface area contributed by atoms with Gasteiger partial charge in [-0.15, -0.1) is 6.42 Å². The number of hydrogen-bond acceptors (Lipinski definition) is 7. The lowest BCUT2D eigenvalue weighted by Gasteiger charge is -2.34. The van der Waals surface area contributed by atoms with E-state index in [1.54, 1.807) is 5.92 Å². The predicted molar refractivity (Wildman–Crippen MR) is 74.4 cm³/mol. The first-order valence-corrected chi connectivity index (χ1v) is 6.16. The molecule has 0 fully saturated rings. The first-order valence-electron chi connectivity index (χ1n) is 6.16. The van der Waals surface area contributed by atoms with E-state index in [1.165, 1.54) is 0 Å². The zero-order valence-corrected chi connectivity index (χ0v) is 11.8. The van der Waals surface area contributed by atoms with Gasteiger partial charge in [0, 0.05) is 7.11 Å². The van der Waals surface area contributed by atoms with Crippen LogP contribution in [-0.2, 0) is 10.5 Å². The SMILES string of the molecule is C#C[C@@](F)([C@H](O)[C@@](F)(CO)OC)n1cnc2c(=O)[nH]c(N)nc21. The molecular formula is C12H13F2N5O4. The molecular weight excluding hydrogens is 316 g/mol. The van der Waals surface area contributed by atoms with E-state index in [0.29, 0.717) is 4.57 Å². The molecule has 0 saturated carbocycles. The quantitative estimate of drug-likeness (QED) is 0.496. The highest BCUT2D eigenvalue weighted by molar-refractivity contribution is 5.71. The molecule has 0 spiro atoms. The van der Waals surface area contributed by atoms with E-state index in [0.717, 1.165) is 13.4 Å². The van der Waals surface area contributed by atoms with E-state index in [2.05, 4.69) is 19.7 Å². The average Bonchev–Trinajstić information content (AvgIpc) is 2.97. The average molecular weight is 329 g/mol. The van der Waals surface area contributed by atoms with E-state index >= 15 is 4.39 Å². The second-order valence-corrected chi connectivity index (χ2v) is 4.61. The number of anilines is 1. The minimum absolute atomic E-state index is 0.324. The summed E-state index contributed by atoms with van der Waals surface area (Å²) in [5.74, 6) is -5.27. The van der Waals surface area contributed by atoms with Crippen molar-refractivity contribution < 1.29 is 23.7 Å². The number of aromatic nitrogens is 4. The minimum Gasteiger partial charge on any atom is -0.390 e. The van der Waals surface area contributed by atoms with Crippen LogP contribution in [0.4, 0.5) is 14.7 Å². The summed E-state index contributed by atoms with van der Waals surface area (Å²) in [4.78, 5) is 21.1. The smallest absolute Gasteiger partial charge is 0.282 e. The Bertz CT molecular complexity index is 825. The third kappa shape index (κ3) is 2.42. The van der Waals surface area contributed by atoms with Gasteiger partial charge >= 0.3 is 0 Å². The molecule has 2 aromatic rings. The third-order valence-electron chi connectivity index (χ3n) is 3.30. The maximum atomic E-state index is 15.2. The van der Waals surface area contributed by atoms with Crippen molar-refractivity contribution in [1.29, 1.82) is 0 Å². The van der Waals surface area contributed by atoms with Crippen LogP contribution >= 0.6 is 0 Å². The Morgan fingerprint density at radius 2 is 2.30 bits per heavy atom. The van der Waals surface area contributed by atoms with Gasteiger partial charge in [0.25, 0.3) is 17.2 Å². The van der Waals surface area contributed by atoms with Crippen LogP contribution in [0.5, 0.6) is 0 Å². The molecule has 5 N–H and O–H groups in total. The first-order chi connectivity index (χ1) is 10.7. The Morgan fingerprint density at radius 3 is 2.83 bits per heavy atom. The second-order valence-electron chi connectivity index (χ2n) is 4.61. The summed E-state index contributed by atoms with van der Waals surface area (Å²) in [7, 11) is 0.809. The van der Waals surface area contributed by atoms with E-state index in [4.69, 9.17) is 17.3 Å². The van der Waals surface area contributed by atoms with Crippen LogP contribution in [0, 0.1) is 12.3 Å². The van der Waals surface area contributed by atoms with E-state index in [-0.39, 0.29) is 11.5 Å². The lowest BCUT2D eigenvalue weighted by atomic mass is 10.0.